The van der Waals surface area contributed by atoms with Crippen LogP contribution in [0.1, 0.15) is 21.5 Å². The number of halogens is 1. The van der Waals surface area contributed by atoms with Crippen molar-refractivity contribution >= 4 is 11.9 Å². The largest absolute Gasteiger partial charge is 0.480 e. The second kappa shape index (κ2) is 7.18. The highest BCUT2D eigenvalue weighted by Crippen LogP contribution is 2.09. The monoisotopic (exact) mass is 312 g/mol. The van der Waals surface area contributed by atoms with Crippen LogP contribution in [-0.4, -0.2) is 23.0 Å². The van der Waals surface area contributed by atoms with Crippen LogP contribution < -0.4 is 5.32 Å². The lowest BCUT2D eigenvalue weighted by molar-refractivity contribution is -0.139. The smallest absolute Gasteiger partial charge is 0.326 e. The molecule has 0 fully saturated rings. The third-order valence-corrected chi connectivity index (χ3v) is 3.21. The fourth-order valence-corrected chi connectivity index (χ4v) is 2.05. The summed E-state index contributed by atoms with van der Waals surface area (Å²) in [5, 5.41) is 20.5. The molecular weight excluding hydrogens is 299 g/mol. The van der Waals surface area contributed by atoms with Gasteiger partial charge in [-0.3, -0.25) is 4.79 Å². The molecule has 0 aliphatic rings. The number of hydrogen-bond donors (Lipinski definition) is 2. The van der Waals surface area contributed by atoms with Crippen LogP contribution in [0.5, 0.6) is 0 Å². The van der Waals surface area contributed by atoms with E-state index in [2.05, 4.69) is 5.32 Å². The van der Waals surface area contributed by atoms with E-state index in [-0.39, 0.29) is 12.0 Å². The van der Waals surface area contributed by atoms with Crippen molar-refractivity contribution in [1.29, 1.82) is 5.26 Å². The minimum Gasteiger partial charge on any atom is -0.480 e. The van der Waals surface area contributed by atoms with Crippen LogP contribution in [0.3, 0.4) is 0 Å². The summed E-state index contributed by atoms with van der Waals surface area (Å²) < 4.78 is 12.8. The van der Waals surface area contributed by atoms with Crippen LogP contribution in [0, 0.1) is 17.1 Å². The van der Waals surface area contributed by atoms with Crippen molar-refractivity contribution < 1.29 is 19.1 Å². The van der Waals surface area contributed by atoms with Crippen LogP contribution in [0.15, 0.2) is 48.5 Å². The lowest BCUT2D eigenvalue weighted by atomic mass is 10.0. The van der Waals surface area contributed by atoms with Crippen molar-refractivity contribution in [3.05, 3.63) is 71.0 Å². The van der Waals surface area contributed by atoms with Gasteiger partial charge in [0.25, 0.3) is 5.91 Å². The van der Waals surface area contributed by atoms with Gasteiger partial charge in [0.05, 0.1) is 11.6 Å². The van der Waals surface area contributed by atoms with Gasteiger partial charge in [0.2, 0.25) is 0 Å². The lowest BCUT2D eigenvalue weighted by Gasteiger charge is -2.15. The zero-order valence-corrected chi connectivity index (χ0v) is 12.0. The molecule has 0 saturated carbocycles. The van der Waals surface area contributed by atoms with Gasteiger partial charge >= 0.3 is 5.97 Å². The molecule has 0 unspecified atom stereocenters. The van der Waals surface area contributed by atoms with E-state index in [9.17, 15) is 19.1 Å². The Morgan fingerprint density at radius 1 is 1.22 bits per heavy atom. The summed E-state index contributed by atoms with van der Waals surface area (Å²) in [7, 11) is 0. The second-order valence-electron chi connectivity index (χ2n) is 4.89. The van der Waals surface area contributed by atoms with Crippen molar-refractivity contribution in [2.45, 2.75) is 12.5 Å². The number of hydrogen-bond acceptors (Lipinski definition) is 3. The summed E-state index contributed by atoms with van der Waals surface area (Å²) in [6, 6.07) is 12.1. The van der Waals surface area contributed by atoms with E-state index in [1.807, 2.05) is 6.07 Å². The Morgan fingerprint density at radius 2 is 1.91 bits per heavy atom. The first kappa shape index (κ1) is 16.2. The molecule has 0 bridgehead atoms. The molecule has 0 radical (unpaired) electrons. The lowest BCUT2D eigenvalue weighted by Crippen LogP contribution is -2.42. The van der Waals surface area contributed by atoms with E-state index in [0.29, 0.717) is 11.1 Å². The Bertz CT molecular complexity index is 766. The summed E-state index contributed by atoms with van der Waals surface area (Å²) in [6.07, 6.45) is 0.0395. The van der Waals surface area contributed by atoms with Crippen LogP contribution in [0.4, 0.5) is 4.39 Å². The molecule has 2 rings (SSSR count). The number of carbonyl (C=O) groups excluding carboxylic acids is 1. The molecule has 5 nitrogen and oxygen atoms in total. The highest BCUT2D eigenvalue weighted by atomic mass is 19.1. The Balaban J connectivity index is 2.12. The number of rotatable bonds is 5. The predicted octanol–water partition coefficient (Wildman–Crippen LogP) is 2.12. The van der Waals surface area contributed by atoms with E-state index in [1.165, 1.54) is 12.1 Å². The number of nitrogens with zero attached hydrogens (tertiary/aromatic N) is 1. The first-order valence-corrected chi connectivity index (χ1v) is 6.78. The summed E-state index contributed by atoms with van der Waals surface area (Å²) in [4.78, 5) is 23.4. The van der Waals surface area contributed by atoms with Gasteiger partial charge in [-0.05, 0) is 42.0 Å². The van der Waals surface area contributed by atoms with Gasteiger partial charge in [0.15, 0.2) is 0 Å². The molecule has 0 heterocycles. The maximum atomic E-state index is 12.8. The molecular formula is C17H13FN2O3. The molecule has 0 aliphatic heterocycles. The van der Waals surface area contributed by atoms with E-state index in [1.54, 1.807) is 24.3 Å². The number of carboxylic acid groups (broad SMARTS) is 1. The van der Waals surface area contributed by atoms with E-state index >= 15 is 0 Å². The Hall–Kier alpha value is -3.20. The molecule has 2 aromatic carbocycles. The van der Waals surface area contributed by atoms with Gasteiger partial charge in [-0.25, -0.2) is 9.18 Å². The zero-order chi connectivity index (χ0) is 16.8. The van der Waals surface area contributed by atoms with E-state index < -0.39 is 23.7 Å². The van der Waals surface area contributed by atoms with Crippen molar-refractivity contribution in [3.8, 4) is 6.07 Å². The minimum absolute atomic E-state index is 0.0395. The standard InChI is InChI=1S/C17H13FN2O3/c18-14-6-4-13(5-7-14)16(21)20-15(17(22)23)9-11-2-1-3-12(8-11)10-19/h1-8,15H,9H2,(H,20,21)(H,22,23)/t15-/m0/s1. The van der Waals surface area contributed by atoms with Crippen molar-refractivity contribution in [2.24, 2.45) is 0 Å². The number of aliphatic carboxylic acids is 1. The van der Waals surface area contributed by atoms with Gasteiger partial charge in [0.1, 0.15) is 11.9 Å². The summed E-state index contributed by atoms with van der Waals surface area (Å²) in [5.74, 6) is -2.28. The molecule has 0 aromatic heterocycles. The van der Waals surface area contributed by atoms with Crippen molar-refractivity contribution in [1.82, 2.24) is 5.32 Å². The minimum atomic E-state index is -1.19. The number of carboxylic acids is 1. The summed E-state index contributed by atoms with van der Waals surface area (Å²) >= 11 is 0. The predicted molar refractivity (Wildman–Crippen MR) is 80.2 cm³/mol. The molecule has 116 valence electrons. The van der Waals surface area contributed by atoms with Crippen LogP contribution >= 0.6 is 0 Å². The average Bonchev–Trinajstić information content (AvgIpc) is 2.54. The number of nitrogens with one attached hydrogen (secondary N) is 1. The Kier molecular flexibility index (Phi) is 5.05. The quantitative estimate of drug-likeness (QED) is 0.885. The molecule has 0 aliphatic carbocycles. The van der Waals surface area contributed by atoms with Crippen molar-refractivity contribution in [3.63, 3.8) is 0 Å². The molecule has 2 N–H and O–H groups in total. The van der Waals surface area contributed by atoms with Gasteiger partial charge < -0.3 is 10.4 Å². The summed E-state index contributed by atoms with van der Waals surface area (Å²) in [6.45, 7) is 0. The average molecular weight is 312 g/mol. The van der Waals surface area contributed by atoms with E-state index in [0.717, 1.165) is 12.1 Å². The molecule has 2 aromatic rings. The molecule has 0 spiro atoms. The van der Waals surface area contributed by atoms with Crippen molar-refractivity contribution in [2.75, 3.05) is 0 Å². The molecule has 6 heteroatoms. The third kappa shape index (κ3) is 4.38. The van der Waals surface area contributed by atoms with Gasteiger partial charge in [0, 0.05) is 12.0 Å². The third-order valence-electron chi connectivity index (χ3n) is 3.21. The Labute approximate surface area is 132 Å². The first-order valence-electron chi connectivity index (χ1n) is 6.78. The summed E-state index contributed by atoms with van der Waals surface area (Å²) in [5.41, 5.74) is 1.20. The number of carbonyl (C=O) groups is 2. The van der Waals surface area contributed by atoms with Crippen LogP contribution in [0.25, 0.3) is 0 Å². The van der Waals surface area contributed by atoms with Gasteiger partial charge in [-0.1, -0.05) is 12.1 Å². The maximum absolute atomic E-state index is 12.8. The second-order valence-corrected chi connectivity index (χ2v) is 4.89. The highest BCUT2D eigenvalue weighted by molar-refractivity contribution is 5.96. The number of amides is 1. The topological polar surface area (TPSA) is 90.2 Å². The maximum Gasteiger partial charge on any atom is 0.326 e. The SMILES string of the molecule is N#Cc1cccc(C[C@H](NC(=O)c2ccc(F)cc2)C(=O)O)c1. The fourth-order valence-electron chi connectivity index (χ4n) is 2.05. The Morgan fingerprint density at radius 3 is 2.52 bits per heavy atom. The number of benzene rings is 2. The highest BCUT2D eigenvalue weighted by Gasteiger charge is 2.21. The van der Waals surface area contributed by atoms with Gasteiger partial charge in [-0.2, -0.15) is 5.26 Å². The van der Waals surface area contributed by atoms with Gasteiger partial charge in [-0.15, -0.1) is 0 Å². The molecule has 0 saturated heterocycles. The molecule has 1 atom stereocenters. The van der Waals surface area contributed by atoms with E-state index in [4.69, 9.17) is 5.26 Å². The van der Waals surface area contributed by atoms with Crippen LogP contribution in [-0.2, 0) is 11.2 Å². The van der Waals surface area contributed by atoms with Crippen LogP contribution in [0.2, 0.25) is 0 Å². The number of nitriles is 1. The first-order chi connectivity index (χ1) is 11.0. The molecule has 23 heavy (non-hydrogen) atoms. The fraction of sp³-hybridized carbons (Fsp3) is 0.118. The zero-order valence-electron chi connectivity index (χ0n) is 12.0. The molecule has 1 amide bonds. The normalized spacial score (nSPS) is 11.3.